The van der Waals surface area contributed by atoms with E-state index in [2.05, 4.69) is 18.4 Å². The van der Waals surface area contributed by atoms with Crippen LogP contribution >= 0.6 is 0 Å². The van der Waals surface area contributed by atoms with Gasteiger partial charge in [-0.05, 0) is 23.1 Å². The summed E-state index contributed by atoms with van der Waals surface area (Å²) in [4.78, 5) is 12.1. The van der Waals surface area contributed by atoms with Crippen LogP contribution in [0.1, 0.15) is 16.7 Å². The second-order valence-corrected chi connectivity index (χ2v) is 5.40. The van der Waals surface area contributed by atoms with Gasteiger partial charge in [0.1, 0.15) is 0 Å². The molecular formula is C21H17O. The Hall–Kier alpha value is -2.67. The van der Waals surface area contributed by atoms with E-state index in [1.807, 2.05) is 78.9 Å². The van der Waals surface area contributed by atoms with Crippen molar-refractivity contribution in [3.8, 4) is 0 Å². The molecule has 0 amide bonds. The fraction of sp³-hybridized carbons (Fsp3) is 0.0952. The van der Waals surface area contributed by atoms with Crippen molar-refractivity contribution in [2.75, 3.05) is 0 Å². The molecule has 0 saturated carbocycles. The van der Waals surface area contributed by atoms with Crippen LogP contribution in [0.5, 0.6) is 0 Å². The minimum atomic E-state index is -0.774. The van der Waals surface area contributed by atoms with Gasteiger partial charge < -0.3 is 0 Å². The molecule has 0 atom stereocenters. The van der Waals surface area contributed by atoms with Gasteiger partial charge in [0.25, 0.3) is 0 Å². The van der Waals surface area contributed by atoms with E-state index >= 15 is 0 Å². The molecule has 3 rings (SSSR count). The van der Waals surface area contributed by atoms with E-state index in [1.54, 1.807) is 0 Å². The number of rotatable bonds is 5. The molecule has 0 saturated heterocycles. The maximum Gasteiger partial charge on any atom is 0.214 e. The highest BCUT2D eigenvalue weighted by Gasteiger charge is 2.35. The molecule has 0 N–H and O–H groups in total. The Bertz CT molecular complexity index is 678. The molecule has 0 aromatic heterocycles. The molecule has 0 unspecified atom stereocenters. The van der Waals surface area contributed by atoms with E-state index in [0.29, 0.717) is 6.42 Å². The van der Waals surface area contributed by atoms with E-state index in [9.17, 15) is 4.79 Å². The SMILES string of the molecule is O=[C]C(Cc1ccccc1)(c1ccccc1)c1ccccc1. The molecule has 0 spiro atoms. The van der Waals surface area contributed by atoms with Crippen LogP contribution in [-0.2, 0) is 16.6 Å². The summed E-state index contributed by atoms with van der Waals surface area (Å²) in [5.74, 6) is 0. The standard InChI is InChI=1S/C21H17O/c22-17-21(19-12-6-2-7-13-19,20-14-8-3-9-15-20)16-18-10-4-1-5-11-18/h1-15H,16H2. The van der Waals surface area contributed by atoms with Gasteiger partial charge in [0, 0.05) is 0 Å². The fourth-order valence-corrected chi connectivity index (χ4v) is 2.87. The zero-order valence-corrected chi connectivity index (χ0v) is 12.3. The second kappa shape index (κ2) is 6.40. The largest absolute Gasteiger partial charge is 0.289 e. The van der Waals surface area contributed by atoms with E-state index in [4.69, 9.17) is 0 Å². The van der Waals surface area contributed by atoms with Crippen LogP contribution in [0.3, 0.4) is 0 Å². The maximum atomic E-state index is 12.1. The van der Waals surface area contributed by atoms with Crippen molar-refractivity contribution in [2.45, 2.75) is 11.8 Å². The Balaban J connectivity index is 2.15. The second-order valence-electron chi connectivity index (χ2n) is 5.40. The summed E-state index contributed by atoms with van der Waals surface area (Å²) in [6, 6.07) is 29.9. The smallest absolute Gasteiger partial charge is 0.214 e. The minimum Gasteiger partial charge on any atom is -0.289 e. The molecule has 1 heteroatoms. The van der Waals surface area contributed by atoms with Crippen molar-refractivity contribution >= 4 is 6.29 Å². The maximum absolute atomic E-state index is 12.1. The van der Waals surface area contributed by atoms with Gasteiger partial charge >= 0.3 is 0 Å². The summed E-state index contributed by atoms with van der Waals surface area (Å²) < 4.78 is 0. The normalized spacial score (nSPS) is 11.1. The van der Waals surface area contributed by atoms with Gasteiger partial charge in [0.05, 0.1) is 5.41 Å². The summed E-state index contributed by atoms with van der Waals surface area (Å²) in [5, 5.41) is 0. The molecule has 22 heavy (non-hydrogen) atoms. The summed E-state index contributed by atoms with van der Waals surface area (Å²) in [5.41, 5.74) is 2.29. The lowest BCUT2D eigenvalue weighted by Crippen LogP contribution is -2.32. The zero-order valence-electron chi connectivity index (χ0n) is 12.3. The highest BCUT2D eigenvalue weighted by Crippen LogP contribution is 2.34. The lowest BCUT2D eigenvalue weighted by molar-refractivity contribution is 0.513. The van der Waals surface area contributed by atoms with E-state index < -0.39 is 5.41 Å². The molecule has 0 heterocycles. The number of benzene rings is 3. The van der Waals surface area contributed by atoms with Gasteiger partial charge in [-0.2, -0.15) is 0 Å². The summed E-state index contributed by atoms with van der Waals surface area (Å²) >= 11 is 0. The third kappa shape index (κ3) is 2.71. The predicted molar refractivity (Wildman–Crippen MR) is 89.5 cm³/mol. The Morgan fingerprint density at radius 1 is 0.636 bits per heavy atom. The minimum absolute atomic E-state index is 0.603. The number of hydrogen-bond acceptors (Lipinski definition) is 1. The van der Waals surface area contributed by atoms with Crippen LogP contribution in [-0.4, -0.2) is 6.29 Å². The highest BCUT2D eigenvalue weighted by molar-refractivity contribution is 5.76. The van der Waals surface area contributed by atoms with E-state index in [-0.39, 0.29) is 0 Å². The molecule has 0 aliphatic carbocycles. The molecule has 0 fully saturated rings. The van der Waals surface area contributed by atoms with Gasteiger partial charge in [0.2, 0.25) is 6.29 Å². The monoisotopic (exact) mass is 285 g/mol. The first kappa shape index (κ1) is 14.3. The number of hydrogen-bond donors (Lipinski definition) is 0. The molecule has 3 aromatic carbocycles. The third-order valence-corrected chi connectivity index (χ3v) is 4.02. The van der Waals surface area contributed by atoms with Crippen molar-refractivity contribution in [2.24, 2.45) is 0 Å². The Morgan fingerprint density at radius 2 is 1.05 bits per heavy atom. The molecule has 0 bridgehead atoms. The first-order valence-corrected chi connectivity index (χ1v) is 7.39. The van der Waals surface area contributed by atoms with Gasteiger partial charge in [-0.3, -0.25) is 4.79 Å². The fourth-order valence-electron chi connectivity index (χ4n) is 2.87. The van der Waals surface area contributed by atoms with E-state index in [1.165, 1.54) is 0 Å². The zero-order chi connectivity index (χ0) is 15.3. The number of carbonyl (C=O) groups excluding carboxylic acids is 1. The van der Waals surface area contributed by atoms with Gasteiger partial charge in [-0.15, -0.1) is 0 Å². The van der Waals surface area contributed by atoms with Crippen LogP contribution < -0.4 is 0 Å². The van der Waals surface area contributed by atoms with Crippen LogP contribution in [0.25, 0.3) is 0 Å². The Kier molecular flexibility index (Phi) is 4.15. The predicted octanol–water partition coefficient (Wildman–Crippen LogP) is 4.33. The summed E-state index contributed by atoms with van der Waals surface area (Å²) in [6.45, 7) is 0. The van der Waals surface area contributed by atoms with Gasteiger partial charge in [-0.1, -0.05) is 91.0 Å². The summed E-state index contributed by atoms with van der Waals surface area (Å²) in [6.07, 6.45) is 2.95. The average molecular weight is 285 g/mol. The van der Waals surface area contributed by atoms with E-state index in [0.717, 1.165) is 16.7 Å². The highest BCUT2D eigenvalue weighted by atomic mass is 16.1. The van der Waals surface area contributed by atoms with Crippen molar-refractivity contribution in [1.29, 1.82) is 0 Å². The van der Waals surface area contributed by atoms with Crippen molar-refractivity contribution in [3.63, 3.8) is 0 Å². The lowest BCUT2D eigenvalue weighted by atomic mass is 9.71. The Labute approximate surface area is 131 Å². The van der Waals surface area contributed by atoms with Gasteiger partial charge in [0.15, 0.2) is 0 Å². The van der Waals surface area contributed by atoms with Crippen LogP contribution in [0.2, 0.25) is 0 Å². The molecular weight excluding hydrogens is 268 g/mol. The average Bonchev–Trinajstić information content (AvgIpc) is 2.62. The molecule has 107 valence electrons. The third-order valence-electron chi connectivity index (χ3n) is 4.02. The molecule has 0 aliphatic heterocycles. The van der Waals surface area contributed by atoms with Crippen molar-refractivity contribution in [1.82, 2.24) is 0 Å². The molecule has 1 radical (unpaired) electrons. The van der Waals surface area contributed by atoms with Gasteiger partial charge in [-0.25, -0.2) is 0 Å². The topological polar surface area (TPSA) is 17.1 Å². The quantitative estimate of drug-likeness (QED) is 0.682. The Morgan fingerprint density at radius 3 is 1.45 bits per heavy atom. The van der Waals surface area contributed by atoms with Crippen LogP contribution in [0, 0.1) is 0 Å². The molecule has 0 aliphatic rings. The first-order valence-electron chi connectivity index (χ1n) is 7.39. The van der Waals surface area contributed by atoms with Crippen molar-refractivity contribution < 1.29 is 4.79 Å². The molecule has 1 nitrogen and oxygen atoms in total. The first-order chi connectivity index (χ1) is 10.8. The molecule has 3 aromatic rings. The lowest BCUT2D eigenvalue weighted by Gasteiger charge is -2.28. The van der Waals surface area contributed by atoms with Crippen LogP contribution in [0.4, 0.5) is 0 Å². The summed E-state index contributed by atoms with van der Waals surface area (Å²) in [7, 11) is 0. The van der Waals surface area contributed by atoms with Crippen molar-refractivity contribution in [3.05, 3.63) is 108 Å². The van der Waals surface area contributed by atoms with Crippen LogP contribution in [0.15, 0.2) is 91.0 Å².